The Morgan fingerprint density at radius 2 is 2.24 bits per heavy atom. The van der Waals surface area contributed by atoms with Crippen LogP contribution in [0.3, 0.4) is 0 Å². The lowest BCUT2D eigenvalue weighted by Gasteiger charge is -2.09. The molecule has 3 nitrogen and oxygen atoms in total. The van der Waals surface area contributed by atoms with Gasteiger partial charge >= 0.3 is 0 Å². The van der Waals surface area contributed by atoms with Crippen LogP contribution in [0.25, 0.3) is 0 Å². The molecule has 1 aromatic rings. The summed E-state index contributed by atoms with van der Waals surface area (Å²) in [6, 6.07) is 4.41. The molecule has 1 aliphatic rings. The highest BCUT2D eigenvalue weighted by atomic mass is 32.2. The Hall–Kier alpha value is -0.940. The number of hydrogen-bond donors (Lipinski definition) is 1. The van der Waals surface area contributed by atoms with Gasteiger partial charge in [0.1, 0.15) is 10.7 Å². The van der Waals surface area contributed by atoms with Crippen LogP contribution in [0, 0.1) is 11.7 Å². The lowest BCUT2D eigenvalue weighted by atomic mass is 9.99. The van der Waals surface area contributed by atoms with E-state index >= 15 is 0 Å². The first-order valence-electron chi connectivity index (χ1n) is 5.66. The highest BCUT2D eigenvalue weighted by molar-refractivity contribution is 7.90. The molecule has 0 aliphatic carbocycles. The molecule has 1 atom stereocenters. The average Bonchev–Trinajstić information content (AvgIpc) is 2.68. The Kier molecular flexibility index (Phi) is 3.49. The molecule has 1 aliphatic heterocycles. The predicted octanol–water partition coefficient (Wildman–Crippen LogP) is 1.38. The van der Waals surface area contributed by atoms with Crippen LogP contribution in [0.2, 0.25) is 0 Å². The smallest absolute Gasteiger partial charge is 0.178 e. The van der Waals surface area contributed by atoms with Gasteiger partial charge in [0.2, 0.25) is 0 Å². The molecule has 0 bridgehead atoms. The van der Waals surface area contributed by atoms with E-state index in [4.69, 9.17) is 0 Å². The molecule has 1 fully saturated rings. The zero-order valence-corrected chi connectivity index (χ0v) is 10.6. The minimum Gasteiger partial charge on any atom is -0.316 e. The molecule has 1 heterocycles. The summed E-state index contributed by atoms with van der Waals surface area (Å²) in [6.07, 6.45) is 2.91. The van der Waals surface area contributed by atoms with Gasteiger partial charge in [-0.2, -0.15) is 0 Å². The Morgan fingerprint density at radius 3 is 2.76 bits per heavy atom. The first-order valence-corrected chi connectivity index (χ1v) is 7.55. The van der Waals surface area contributed by atoms with Gasteiger partial charge in [0.05, 0.1) is 0 Å². The number of sulfone groups is 1. The van der Waals surface area contributed by atoms with Crippen LogP contribution in [0.15, 0.2) is 23.1 Å². The lowest BCUT2D eigenvalue weighted by Crippen LogP contribution is -2.11. The van der Waals surface area contributed by atoms with Crippen molar-refractivity contribution in [1.29, 1.82) is 0 Å². The monoisotopic (exact) mass is 257 g/mol. The Morgan fingerprint density at radius 1 is 1.47 bits per heavy atom. The van der Waals surface area contributed by atoms with Gasteiger partial charge in [0, 0.05) is 6.26 Å². The molecule has 0 radical (unpaired) electrons. The van der Waals surface area contributed by atoms with Crippen molar-refractivity contribution >= 4 is 9.84 Å². The molecular weight excluding hydrogens is 241 g/mol. The zero-order chi connectivity index (χ0) is 12.5. The van der Waals surface area contributed by atoms with Crippen molar-refractivity contribution in [2.75, 3.05) is 19.3 Å². The molecule has 0 amide bonds. The maximum absolute atomic E-state index is 13.6. The normalized spacial score (nSPS) is 20.7. The third-order valence-electron chi connectivity index (χ3n) is 3.08. The largest absolute Gasteiger partial charge is 0.316 e. The molecule has 1 saturated heterocycles. The van der Waals surface area contributed by atoms with Crippen molar-refractivity contribution in [2.24, 2.45) is 5.92 Å². The average molecular weight is 257 g/mol. The molecule has 94 valence electrons. The van der Waals surface area contributed by atoms with Crippen molar-refractivity contribution < 1.29 is 12.8 Å². The first-order chi connectivity index (χ1) is 7.97. The summed E-state index contributed by atoms with van der Waals surface area (Å²) < 4.78 is 36.1. The van der Waals surface area contributed by atoms with E-state index in [0.717, 1.165) is 37.8 Å². The first kappa shape index (κ1) is 12.5. The summed E-state index contributed by atoms with van der Waals surface area (Å²) in [5.74, 6) is -0.116. The van der Waals surface area contributed by atoms with Crippen molar-refractivity contribution in [3.8, 4) is 0 Å². The van der Waals surface area contributed by atoms with E-state index in [2.05, 4.69) is 5.32 Å². The second-order valence-electron chi connectivity index (χ2n) is 4.60. The molecule has 1 aromatic carbocycles. The molecular formula is C12H16FNO2S. The number of halogens is 1. The van der Waals surface area contributed by atoms with Crippen LogP contribution >= 0.6 is 0 Å². The summed E-state index contributed by atoms with van der Waals surface area (Å²) in [4.78, 5) is -0.217. The van der Waals surface area contributed by atoms with E-state index in [-0.39, 0.29) is 4.90 Å². The van der Waals surface area contributed by atoms with E-state index in [0.29, 0.717) is 5.92 Å². The standard InChI is InChI=1S/C12H16FNO2S/c1-17(15,16)12-3-2-9(7-11(12)13)6-10-4-5-14-8-10/h2-3,7,10,14H,4-6,8H2,1H3. The molecule has 1 unspecified atom stereocenters. The van der Waals surface area contributed by atoms with Crippen LogP contribution in [-0.4, -0.2) is 27.8 Å². The lowest BCUT2D eigenvalue weighted by molar-refractivity contribution is 0.557. The Labute approximate surface area is 101 Å². The van der Waals surface area contributed by atoms with E-state index in [9.17, 15) is 12.8 Å². The molecule has 2 rings (SSSR count). The summed E-state index contributed by atoms with van der Waals surface area (Å²) in [6.45, 7) is 1.96. The van der Waals surface area contributed by atoms with Gasteiger partial charge in [-0.15, -0.1) is 0 Å². The predicted molar refractivity (Wildman–Crippen MR) is 64.2 cm³/mol. The molecule has 0 spiro atoms. The molecule has 0 saturated carbocycles. The maximum atomic E-state index is 13.6. The van der Waals surface area contributed by atoms with E-state index in [1.165, 1.54) is 12.1 Å². The SMILES string of the molecule is CS(=O)(=O)c1ccc(CC2CCNC2)cc1F. The number of rotatable bonds is 3. The third-order valence-corrected chi connectivity index (χ3v) is 4.21. The highest BCUT2D eigenvalue weighted by Gasteiger charge is 2.17. The van der Waals surface area contributed by atoms with Crippen molar-refractivity contribution in [3.63, 3.8) is 0 Å². The van der Waals surface area contributed by atoms with Crippen LogP contribution in [0.1, 0.15) is 12.0 Å². The minimum atomic E-state index is -3.46. The van der Waals surface area contributed by atoms with Crippen molar-refractivity contribution in [1.82, 2.24) is 5.32 Å². The second kappa shape index (κ2) is 4.74. The van der Waals surface area contributed by atoms with Crippen molar-refractivity contribution in [3.05, 3.63) is 29.6 Å². The molecule has 17 heavy (non-hydrogen) atoms. The number of nitrogens with one attached hydrogen (secondary N) is 1. The Balaban J connectivity index is 2.19. The second-order valence-corrected chi connectivity index (χ2v) is 6.58. The fourth-order valence-electron chi connectivity index (χ4n) is 2.19. The highest BCUT2D eigenvalue weighted by Crippen LogP contribution is 2.20. The van der Waals surface area contributed by atoms with Gasteiger partial charge in [-0.3, -0.25) is 0 Å². The van der Waals surface area contributed by atoms with Crippen LogP contribution in [0.4, 0.5) is 4.39 Å². The fraction of sp³-hybridized carbons (Fsp3) is 0.500. The number of hydrogen-bond acceptors (Lipinski definition) is 3. The van der Waals surface area contributed by atoms with Crippen LogP contribution < -0.4 is 5.32 Å². The molecule has 0 aromatic heterocycles. The summed E-state index contributed by atoms with van der Waals surface area (Å²) >= 11 is 0. The van der Waals surface area contributed by atoms with Gasteiger partial charge in [0.15, 0.2) is 9.84 Å². The van der Waals surface area contributed by atoms with Crippen molar-refractivity contribution in [2.45, 2.75) is 17.7 Å². The topological polar surface area (TPSA) is 46.2 Å². The van der Waals surface area contributed by atoms with Gasteiger partial charge in [0.25, 0.3) is 0 Å². The van der Waals surface area contributed by atoms with Gasteiger partial charge in [-0.25, -0.2) is 12.8 Å². The van der Waals surface area contributed by atoms with E-state index in [1.54, 1.807) is 6.07 Å². The van der Waals surface area contributed by atoms with E-state index < -0.39 is 15.7 Å². The Bertz CT molecular complexity index is 507. The minimum absolute atomic E-state index is 0.217. The zero-order valence-electron chi connectivity index (χ0n) is 9.74. The van der Waals surface area contributed by atoms with Crippen LogP contribution in [-0.2, 0) is 16.3 Å². The third kappa shape index (κ3) is 3.04. The van der Waals surface area contributed by atoms with Crippen LogP contribution in [0.5, 0.6) is 0 Å². The number of benzene rings is 1. The van der Waals surface area contributed by atoms with Gasteiger partial charge < -0.3 is 5.32 Å². The summed E-state index contributed by atoms with van der Waals surface area (Å²) in [5.41, 5.74) is 0.864. The quantitative estimate of drug-likeness (QED) is 0.890. The fourth-order valence-corrected chi connectivity index (χ4v) is 2.92. The summed E-state index contributed by atoms with van der Waals surface area (Å²) in [5, 5.41) is 3.25. The molecule has 1 N–H and O–H groups in total. The van der Waals surface area contributed by atoms with Gasteiger partial charge in [-0.1, -0.05) is 6.07 Å². The van der Waals surface area contributed by atoms with Gasteiger partial charge in [-0.05, 0) is 49.5 Å². The summed E-state index contributed by atoms with van der Waals surface area (Å²) in [7, 11) is -3.46. The van der Waals surface area contributed by atoms with E-state index in [1.807, 2.05) is 0 Å². The maximum Gasteiger partial charge on any atom is 0.178 e. The molecule has 5 heteroatoms.